The molecule has 3 N–H and O–H groups in total. The van der Waals surface area contributed by atoms with E-state index in [0.29, 0.717) is 5.76 Å². The van der Waals surface area contributed by atoms with Crippen molar-refractivity contribution in [3.63, 3.8) is 0 Å². The first-order valence-corrected chi connectivity index (χ1v) is 13.9. The molecular weight excluding hydrogens is 476 g/mol. The van der Waals surface area contributed by atoms with E-state index in [4.69, 9.17) is 8.92 Å². The summed E-state index contributed by atoms with van der Waals surface area (Å²) < 4.78 is 35.2. The van der Waals surface area contributed by atoms with Crippen molar-refractivity contribution in [2.45, 2.75) is 62.6 Å². The average Bonchev–Trinajstić information content (AvgIpc) is 2.89. The van der Waals surface area contributed by atoms with Gasteiger partial charge in [-0.3, -0.25) is 4.18 Å². The van der Waals surface area contributed by atoms with E-state index in [1.54, 1.807) is 18.2 Å². The topological polar surface area (TPSA) is 96.9 Å². The van der Waals surface area contributed by atoms with E-state index in [1.807, 2.05) is 13.0 Å². The Morgan fingerprint density at radius 3 is 2.69 bits per heavy atom. The fourth-order valence-corrected chi connectivity index (χ4v) is 5.02. The van der Waals surface area contributed by atoms with Gasteiger partial charge in [0.25, 0.3) is 10.1 Å². The number of allylic oxidation sites excluding steroid dienone is 4. The zero-order valence-corrected chi connectivity index (χ0v) is 22.0. The van der Waals surface area contributed by atoms with Crippen LogP contribution in [0.3, 0.4) is 0 Å². The summed E-state index contributed by atoms with van der Waals surface area (Å²) in [5.41, 5.74) is 3.61. The Bertz CT molecular complexity index is 1100. The van der Waals surface area contributed by atoms with Crippen molar-refractivity contribution in [3.8, 4) is 0 Å². The minimum absolute atomic E-state index is 0.0540. The molecule has 3 atom stereocenters. The molecule has 0 radical (unpaired) electrons. The summed E-state index contributed by atoms with van der Waals surface area (Å²) in [6.45, 7) is 8.21. The molecule has 1 heterocycles. The van der Waals surface area contributed by atoms with Crippen LogP contribution >= 0.6 is 0 Å². The molecule has 0 amide bonds. The second kappa shape index (κ2) is 13.6. The number of aliphatic hydroxyl groups is 1. The van der Waals surface area contributed by atoms with Crippen LogP contribution in [0.15, 0.2) is 89.2 Å². The summed E-state index contributed by atoms with van der Waals surface area (Å²) in [6.07, 6.45) is 15.0. The molecule has 0 saturated carbocycles. The summed E-state index contributed by atoms with van der Waals surface area (Å²) in [5.74, 6) is 0.540. The summed E-state index contributed by atoms with van der Waals surface area (Å²) in [7, 11) is -3.94. The average molecular weight is 515 g/mol. The van der Waals surface area contributed by atoms with Crippen LogP contribution in [0, 0.1) is 6.92 Å². The van der Waals surface area contributed by atoms with E-state index in [9.17, 15) is 13.5 Å². The fourth-order valence-electron chi connectivity index (χ4n) is 4.08. The lowest BCUT2D eigenvalue weighted by molar-refractivity contribution is 0.0421. The zero-order chi connectivity index (χ0) is 26.0. The normalized spacial score (nSPS) is 21.4. The Morgan fingerprint density at radius 2 is 2.03 bits per heavy atom. The molecule has 2 aliphatic rings. The highest BCUT2D eigenvalue weighted by Gasteiger charge is 2.21. The lowest BCUT2D eigenvalue weighted by atomic mass is 9.92. The third-order valence-electron chi connectivity index (χ3n) is 6.12. The number of ether oxygens (including phenoxy) is 1. The third-order valence-corrected chi connectivity index (χ3v) is 7.42. The van der Waals surface area contributed by atoms with Crippen molar-refractivity contribution in [1.29, 1.82) is 0 Å². The Kier molecular flexibility index (Phi) is 10.6. The van der Waals surface area contributed by atoms with Gasteiger partial charge < -0.3 is 20.5 Å². The molecule has 1 aromatic rings. The quantitative estimate of drug-likeness (QED) is 0.158. The van der Waals surface area contributed by atoms with Crippen LogP contribution in [0.5, 0.6) is 0 Å². The zero-order valence-electron chi connectivity index (χ0n) is 21.2. The molecule has 1 aliphatic heterocycles. The second-order valence-electron chi connectivity index (χ2n) is 9.03. The molecule has 0 aromatic heterocycles. The molecule has 36 heavy (non-hydrogen) atoms. The van der Waals surface area contributed by atoms with E-state index in [-0.39, 0.29) is 23.6 Å². The highest BCUT2D eigenvalue weighted by atomic mass is 32.2. The molecule has 0 bridgehead atoms. The van der Waals surface area contributed by atoms with E-state index in [2.05, 4.69) is 48.4 Å². The summed E-state index contributed by atoms with van der Waals surface area (Å²) >= 11 is 0. The van der Waals surface area contributed by atoms with Gasteiger partial charge in [0.2, 0.25) is 0 Å². The highest BCUT2D eigenvalue weighted by Crippen LogP contribution is 2.23. The van der Waals surface area contributed by atoms with Crippen LogP contribution in [0.1, 0.15) is 38.2 Å². The monoisotopic (exact) mass is 514 g/mol. The standard InChI is InChI=1S/C28H38N2O5S/c1-4-26(34-19-25(31)20-35-36(32,33)27-17-9-21(3)10-18-27)16-15-24-7-6-8-28(30-24)22-11-13-23(14-12-22)29-5-2/h4,6,8-11,13,16-18,24-25,28-31H,1,5,7,12,14-15,19-20H2,2-3H3/b26-16+/t24-,25?,28+/m1/s1. The highest BCUT2D eigenvalue weighted by molar-refractivity contribution is 7.86. The number of aliphatic hydroxyl groups excluding tert-OH is 1. The number of hydrogen-bond donors (Lipinski definition) is 3. The summed E-state index contributed by atoms with van der Waals surface area (Å²) in [4.78, 5) is 0.0540. The van der Waals surface area contributed by atoms with Crippen molar-refractivity contribution in [2.24, 2.45) is 0 Å². The molecule has 8 heteroatoms. The van der Waals surface area contributed by atoms with E-state index in [1.165, 1.54) is 23.4 Å². The molecule has 1 aromatic carbocycles. The third kappa shape index (κ3) is 8.48. The molecule has 7 nitrogen and oxygen atoms in total. The van der Waals surface area contributed by atoms with Crippen LogP contribution in [0.25, 0.3) is 0 Å². The number of hydrogen-bond acceptors (Lipinski definition) is 7. The molecule has 1 unspecified atom stereocenters. The van der Waals surface area contributed by atoms with Crippen molar-refractivity contribution in [3.05, 3.63) is 89.9 Å². The minimum atomic E-state index is -3.94. The van der Waals surface area contributed by atoms with Crippen LogP contribution < -0.4 is 10.6 Å². The predicted octanol–water partition coefficient (Wildman–Crippen LogP) is 4.04. The maximum Gasteiger partial charge on any atom is 0.297 e. The molecule has 0 spiro atoms. The molecule has 1 aliphatic carbocycles. The SMILES string of the molecule is C=C/C(=C\C[C@H]1CC=C[C@@H](C2=CC=C(NCC)CC2)N1)OCC(O)COS(=O)(=O)c1ccc(C)cc1. The van der Waals surface area contributed by atoms with Crippen molar-refractivity contribution in [2.75, 3.05) is 19.8 Å². The van der Waals surface area contributed by atoms with Gasteiger partial charge in [-0.2, -0.15) is 8.42 Å². The van der Waals surface area contributed by atoms with Crippen molar-refractivity contribution in [1.82, 2.24) is 10.6 Å². The Labute approximate surface area is 215 Å². The van der Waals surface area contributed by atoms with Gasteiger partial charge in [0.15, 0.2) is 0 Å². The van der Waals surface area contributed by atoms with E-state index >= 15 is 0 Å². The summed E-state index contributed by atoms with van der Waals surface area (Å²) in [5, 5.41) is 17.3. The predicted molar refractivity (Wildman–Crippen MR) is 143 cm³/mol. The van der Waals surface area contributed by atoms with Crippen LogP contribution in [0.4, 0.5) is 0 Å². The van der Waals surface area contributed by atoms with Gasteiger partial charge in [-0.05, 0) is 75.5 Å². The van der Waals surface area contributed by atoms with E-state index in [0.717, 1.165) is 37.8 Å². The number of aryl methyl sites for hydroxylation is 1. The Balaban J connectivity index is 1.45. The lowest BCUT2D eigenvalue weighted by Crippen LogP contribution is -2.40. The van der Waals surface area contributed by atoms with Crippen molar-refractivity contribution < 1.29 is 22.4 Å². The molecule has 3 rings (SSSR count). The van der Waals surface area contributed by atoms with Gasteiger partial charge in [0.05, 0.1) is 11.5 Å². The first-order chi connectivity index (χ1) is 17.3. The maximum atomic E-state index is 12.3. The molecule has 0 fully saturated rings. The Hall–Kier alpha value is -2.65. The lowest BCUT2D eigenvalue weighted by Gasteiger charge is -2.29. The number of benzene rings is 1. The minimum Gasteiger partial charge on any atom is -0.491 e. The maximum absolute atomic E-state index is 12.3. The largest absolute Gasteiger partial charge is 0.491 e. The van der Waals surface area contributed by atoms with Gasteiger partial charge in [0.1, 0.15) is 18.5 Å². The van der Waals surface area contributed by atoms with Gasteiger partial charge in [-0.25, -0.2) is 0 Å². The van der Waals surface area contributed by atoms with Gasteiger partial charge >= 0.3 is 0 Å². The van der Waals surface area contributed by atoms with E-state index < -0.39 is 22.8 Å². The summed E-state index contributed by atoms with van der Waals surface area (Å²) in [6, 6.07) is 6.83. The first-order valence-electron chi connectivity index (χ1n) is 12.5. The van der Waals surface area contributed by atoms with Crippen LogP contribution in [0.2, 0.25) is 0 Å². The second-order valence-corrected chi connectivity index (χ2v) is 10.6. The fraction of sp³-hybridized carbons (Fsp3) is 0.429. The first kappa shape index (κ1) is 27.9. The molecule has 0 saturated heterocycles. The van der Waals surface area contributed by atoms with Crippen LogP contribution in [-0.4, -0.2) is 51.5 Å². The van der Waals surface area contributed by atoms with Crippen molar-refractivity contribution >= 4 is 10.1 Å². The van der Waals surface area contributed by atoms with Gasteiger partial charge in [-0.1, -0.05) is 42.5 Å². The molecule has 196 valence electrons. The number of rotatable bonds is 13. The van der Waals surface area contributed by atoms with Gasteiger partial charge in [-0.15, -0.1) is 0 Å². The molecular formula is C28H38N2O5S. The Morgan fingerprint density at radius 1 is 1.25 bits per heavy atom. The smallest absolute Gasteiger partial charge is 0.297 e. The van der Waals surface area contributed by atoms with Crippen LogP contribution in [-0.2, 0) is 19.0 Å². The number of nitrogens with one attached hydrogen (secondary N) is 2. The van der Waals surface area contributed by atoms with Gasteiger partial charge in [0, 0.05) is 24.3 Å².